The normalized spacial score (nSPS) is 23.5. The molecule has 0 unspecified atom stereocenters. The molecule has 1 atom stereocenters. The molecule has 2 aromatic carbocycles. The van der Waals surface area contributed by atoms with Gasteiger partial charge < -0.3 is 4.90 Å². The van der Waals surface area contributed by atoms with Gasteiger partial charge in [-0.1, -0.05) is 60.7 Å². The van der Waals surface area contributed by atoms with Crippen LogP contribution < -0.4 is 0 Å². The zero-order valence-corrected chi connectivity index (χ0v) is 22.3. The summed E-state index contributed by atoms with van der Waals surface area (Å²) in [5, 5.41) is 7.70. The van der Waals surface area contributed by atoms with Crippen LogP contribution in [0.25, 0.3) is 22.5 Å². The van der Waals surface area contributed by atoms with Gasteiger partial charge in [0.1, 0.15) is 12.7 Å². The van der Waals surface area contributed by atoms with Gasteiger partial charge in [-0.25, -0.2) is 0 Å². The molecule has 6 nitrogen and oxygen atoms in total. The number of hydrogen-bond donors (Lipinski definition) is 0. The van der Waals surface area contributed by atoms with Crippen molar-refractivity contribution in [3.63, 3.8) is 0 Å². The van der Waals surface area contributed by atoms with Crippen molar-refractivity contribution in [1.82, 2.24) is 19.7 Å². The maximum Gasteiger partial charge on any atom is 0.256 e. The number of hydrogen-bond acceptors (Lipinski definition) is 4. The van der Waals surface area contributed by atoms with E-state index in [4.69, 9.17) is 5.10 Å². The number of carbonyl (C=O) groups excluding carboxylic acids is 1. The van der Waals surface area contributed by atoms with E-state index < -0.39 is 0 Å². The summed E-state index contributed by atoms with van der Waals surface area (Å²) in [7, 11) is 0. The molecule has 3 aromatic rings. The first kappa shape index (κ1) is 23.7. The Balaban J connectivity index is 1.12. The van der Waals surface area contributed by atoms with Crippen molar-refractivity contribution in [2.75, 3.05) is 37.8 Å². The average molecular weight is 523 g/mol. The lowest BCUT2D eigenvalue weighted by molar-refractivity contribution is -0.949. The van der Waals surface area contributed by atoms with Crippen molar-refractivity contribution in [2.45, 2.75) is 18.9 Å². The molecule has 7 rings (SSSR count). The van der Waals surface area contributed by atoms with E-state index in [9.17, 15) is 4.79 Å². The van der Waals surface area contributed by atoms with E-state index in [2.05, 4.69) is 94.8 Å². The fraction of sp³-hybridized carbons (Fsp3) is 0.290. The van der Waals surface area contributed by atoms with E-state index in [1.807, 2.05) is 22.7 Å². The molecule has 4 aliphatic rings. The summed E-state index contributed by atoms with van der Waals surface area (Å²) in [5.74, 6) is 2.07. The van der Waals surface area contributed by atoms with E-state index in [1.165, 1.54) is 17.0 Å². The van der Waals surface area contributed by atoms with Gasteiger partial charge in [0.05, 0.1) is 42.0 Å². The van der Waals surface area contributed by atoms with E-state index >= 15 is 0 Å². The minimum atomic E-state index is 0.212. The second-order valence-corrected chi connectivity index (χ2v) is 11.5. The van der Waals surface area contributed by atoms with Gasteiger partial charge in [-0.2, -0.15) is 9.69 Å². The van der Waals surface area contributed by atoms with Gasteiger partial charge in [-0.15, -0.1) is 16.8 Å². The predicted molar refractivity (Wildman–Crippen MR) is 152 cm³/mol. The number of thioether (sulfide) groups is 1. The Bertz CT molecular complexity index is 1430. The average Bonchev–Trinajstić information content (AvgIpc) is 3.77. The summed E-state index contributed by atoms with van der Waals surface area (Å²) >= 11 is 1.84. The Morgan fingerprint density at radius 2 is 1.68 bits per heavy atom. The van der Waals surface area contributed by atoms with Crippen LogP contribution in [0.2, 0.25) is 0 Å². The van der Waals surface area contributed by atoms with Gasteiger partial charge >= 0.3 is 0 Å². The van der Waals surface area contributed by atoms with E-state index in [1.54, 1.807) is 0 Å². The first-order valence-electron chi connectivity index (χ1n) is 13.5. The van der Waals surface area contributed by atoms with Crippen LogP contribution in [0.5, 0.6) is 0 Å². The monoisotopic (exact) mass is 522 g/mol. The molecule has 0 bridgehead atoms. The second kappa shape index (κ2) is 9.73. The van der Waals surface area contributed by atoms with Crippen LogP contribution in [-0.4, -0.2) is 68.0 Å². The van der Waals surface area contributed by atoms with E-state index in [-0.39, 0.29) is 5.91 Å². The summed E-state index contributed by atoms with van der Waals surface area (Å²) in [6, 6.07) is 23.6. The summed E-state index contributed by atoms with van der Waals surface area (Å²) in [6.45, 7) is 3.49. The summed E-state index contributed by atoms with van der Waals surface area (Å²) in [5.41, 5.74) is 6.70. The number of allylic oxidation sites excluding steroid dienone is 3. The SMILES string of the molecule is O=C(C1=CC2=CC=C[N@@+]2(N2CCC(n3nc(-c4ccccc4)cc3-c3ccccc3)CC2)C1)N1CCSC1. The minimum Gasteiger partial charge on any atom is -0.329 e. The smallest absolute Gasteiger partial charge is 0.256 e. The second-order valence-electron chi connectivity index (χ2n) is 10.5. The third-order valence-electron chi connectivity index (χ3n) is 8.26. The van der Waals surface area contributed by atoms with Gasteiger partial charge in [0, 0.05) is 30.0 Å². The van der Waals surface area contributed by atoms with E-state index in [0.717, 1.165) is 67.5 Å². The van der Waals surface area contributed by atoms with Crippen LogP contribution in [0.15, 0.2) is 102 Å². The molecule has 0 radical (unpaired) electrons. The Morgan fingerprint density at radius 1 is 0.947 bits per heavy atom. The maximum absolute atomic E-state index is 13.2. The molecule has 0 saturated carbocycles. The van der Waals surface area contributed by atoms with Crippen LogP contribution >= 0.6 is 11.8 Å². The number of amides is 1. The Kier molecular flexibility index (Phi) is 6.07. The fourth-order valence-electron chi connectivity index (χ4n) is 6.25. The highest BCUT2D eigenvalue weighted by Crippen LogP contribution is 2.41. The van der Waals surface area contributed by atoms with Gasteiger partial charge in [0.25, 0.3) is 5.91 Å². The largest absolute Gasteiger partial charge is 0.329 e. The highest BCUT2D eigenvalue weighted by atomic mass is 32.2. The highest BCUT2D eigenvalue weighted by Gasteiger charge is 2.48. The van der Waals surface area contributed by atoms with Crippen LogP contribution in [0.4, 0.5) is 0 Å². The first-order chi connectivity index (χ1) is 18.7. The lowest BCUT2D eigenvalue weighted by Crippen LogP contribution is -2.56. The van der Waals surface area contributed by atoms with Gasteiger partial charge in [-0.3, -0.25) is 9.48 Å². The molecule has 0 N–H and O–H groups in total. The number of piperidine rings is 1. The molecule has 7 heteroatoms. The lowest BCUT2D eigenvalue weighted by Gasteiger charge is -2.43. The molecule has 38 heavy (non-hydrogen) atoms. The van der Waals surface area contributed by atoms with Crippen LogP contribution in [0, 0.1) is 0 Å². The molecule has 0 aliphatic carbocycles. The quantitative estimate of drug-likeness (QED) is 0.417. The molecule has 5 heterocycles. The third-order valence-corrected chi connectivity index (χ3v) is 9.23. The third kappa shape index (κ3) is 4.06. The van der Waals surface area contributed by atoms with Crippen LogP contribution in [0.3, 0.4) is 0 Å². The first-order valence-corrected chi connectivity index (χ1v) is 14.7. The number of benzene rings is 2. The summed E-state index contributed by atoms with van der Waals surface area (Å²) in [4.78, 5) is 15.2. The summed E-state index contributed by atoms with van der Waals surface area (Å²) < 4.78 is 2.93. The molecular weight excluding hydrogens is 490 g/mol. The Hall–Kier alpha value is -3.39. The predicted octanol–water partition coefficient (Wildman–Crippen LogP) is 5.47. The van der Waals surface area contributed by atoms with Crippen molar-refractivity contribution >= 4 is 17.7 Å². The fourth-order valence-corrected chi connectivity index (χ4v) is 7.20. The van der Waals surface area contributed by atoms with Crippen molar-refractivity contribution in [3.8, 4) is 22.5 Å². The number of rotatable bonds is 5. The van der Waals surface area contributed by atoms with Crippen LogP contribution in [0.1, 0.15) is 18.9 Å². The number of aromatic nitrogens is 2. The number of carbonyl (C=O) groups is 1. The molecule has 1 aromatic heterocycles. The zero-order chi connectivity index (χ0) is 25.5. The lowest BCUT2D eigenvalue weighted by atomic mass is 10.0. The summed E-state index contributed by atoms with van der Waals surface area (Å²) in [6.07, 6.45) is 10.8. The molecule has 4 aliphatic heterocycles. The van der Waals surface area contributed by atoms with Crippen LogP contribution in [-0.2, 0) is 4.79 Å². The van der Waals surface area contributed by atoms with Gasteiger partial charge in [-0.05, 0) is 30.5 Å². The number of fused-ring (bicyclic) bond motifs is 1. The Morgan fingerprint density at radius 3 is 2.39 bits per heavy atom. The molecule has 1 amide bonds. The Labute approximate surface area is 228 Å². The molecule has 0 spiro atoms. The zero-order valence-electron chi connectivity index (χ0n) is 21.4. The minimum absolute atomic E-state index is 0.212. The van der Waals surface area contributed by atoms with Gasteiger partial charge in [0.15, 0.2) is 5.70 Å². The van der Waals surface area contributed by atoms with Crippen molar-refractivity contribution in [1.29, 1.82) is 0 Å². The number of quaternary nitrogens is 1. The van der Waals surface area contributed by atoms with Crippen molar-refractivity contribution in [3.05, 3.63) is 102 Å². The van der Waals surface area contributed by atoms with Gasteiger partial charge in [0.2, 0.25) is 0 Å². The standard InChI is InChI=1S/C31H32N5OS/c37-31(33-17-19-38-23-33)26-20-28-12-7-18-36(28,22-26)34-15-13-27(14-16-34)35-30(25-10-5-2-6-11-25)21-29(32-35)24-8-3-1-4-9-24/h1-12,18,20-21,27H,13-17,19,22-23H2/q+1/t36-/m1/s1. The molecule has 2 saturated heterocycles. The molecule has 2 fully saturated rings. The molecular formula is C31H32N5OS+. The molecule has 192 valence electrons. The topological polar surface area (TPSA) is 41.4 Å². The van der Waals surface area contributed by atoms with E-state index in [0.29, 0.717) is 10.6 Å². The van der Waals surface area contributed by atoms with Crippen molar-refractivity contribution < 1.29 is 9.39 Å². The highest BCUT2D eigenvalue weighted by molar-refractivity contribution is 7.99. The maximum atomic E-state index is 13.2. The number of nitrogens with zero attached hydrogens (tertiary/aromatic N) is 5. The van der Waals surface area contributed by atoms with Crippen molar-refractivity contribution in [2.24, 2.45) is 0 Å².